The van der Waals surface area contributed by atoms with Crippen LogP contribution in [0.3, 0.4) is 0 Å². The fourth-order valence-electron chi connectivity index (χ4n) is 2.59. The van der Waals surface area contributed by atoms with E-state index in [2.05, 4.69) is 10.4 Å². The average Bonchev–Trinajstić information content (AvgIpc) is 2.93. The normalized spacial score (nSPS) is 18.1. The number of anilines is 1. The Morgan fingerprint density at radius 2 is 2.13 bits per heavy atom. The lowest BCUT2D eigenvalue weighted by Gasteiger charge is -2.24. The predicted molar refractivity (Wildman–Crippen MR) is 84.4 cm³/mol. The molecule has 9 nitrogen and oxygen atoms in total. The van der Waals surface area contributed by atoms with Crippen molar-refractivity contribution in [3.8, 4) is 0 Å². The maximum atomic E-state index is 12.1. The molecular weight excluding hydrogens is 302 g/mol. The minimum atomic E-state index is -0.541. The summed E-state index contributed by atoms with van der Waals surface area (Å²) in [5.74, 6) is 0.364. The topological polar surface area (TPSA) is 103 Å². The van der Waals surface area contributed by atoms with Crippen LogP contribution in [0.15, 0.2) is 0 Å². The van der Waals surface area contributed by atoms with E-state index in [0.29, 0.717) is 31.0 Å². The number of rotatable bonds is 3. The largest absolute Gasteiger partial charge is 0.444 e. The molecule has 1 aliphatic rings. The Hall–Kier alpha value is -2.32. The molecule has 1 aromatic rings. The molecule has 0 aliphatic carbocycles. The van der Waals surface area contributed by atoms with Crippen LogP contribution in [0.4, 0.5) is 16.3 Å². The summed E-state index contributed by atoms with van der Waals surface area (Å²) < 4.78 is 6.81. The lowest BCUT2D eigenvalue weighted by molar-refractivity contribution is -0.384. The summed E-state index contributed by atoms with van der Waals surface area (Å²) in [5, 5.41) is 18.4. The number of ether oxygens (including phenoxy) is 1. The zero-order valence-corrected chi connectivity index (χ0v) is 14.1. The van der Waals surface area contributed by atoms with Crippen molar-refractivity contribution < 1.29 is 14.5 Å². The number of carbonyl (C=O) groups is 1. The summed E-state index contributed by atoms with van der Waals surface area (Å²) in [4.78, 5) is 24.4. The molecule has 23 heavy (non-hydrogen) atoms. The van der Waals surface area contributed by atoms with Gasteiger partial charge in [0.15, 0.2) is 0 Å². The van der Waals surface area contributed by atoms with E-state index in [1.807, 2.05) is 20.8 Å². The Kier molecular flexibility index (Phi) is 4.49. The summed E-state index contributed by atoms with van der Waals surface area (Å²) in [6, 6.07) is -0.0731. The summed E-state index contributed by atoms with van der Waals surface area (Å²) in [7, 11) is 1.66. The Bertz CT molecular complexity index is 619. The lowest BCUT2D eigenvalue weighted by Crippen LogP contribution is -2.36. The zero-order chi connectivity index (χ0) is 17.4. The van der Waals surface area contributed by atoms with Gasteiger partial charge in [0, 0.05) is 26.2 Å². The van der Waals surface area contributed by atoms with Crippen LogP contribution in [0, 0.1) is 17.0 Å². The number of aromatic nitrogens is 2. The molecular formula is C14H23N5O4. The predicted octanol–water partition coefficient (Wildman–Crippen LogP) is 2.06. The van der Waals surface area contributed by atoms with Gasteiger partial charge in [0.25, 0.3) is 0 Å². The highest BCUT2D eigenvalue weighted by Crippen LogP contribution is 2.29. The zero-order valence-electron chi connectivity index (χ0n) is 14.1. The molecule has 0 aromatic carbocycles. The van der Waals surface area contributed by atoms with Crippen LogP contribution in [0.5, 0.6) is 0 Å². The Morgan fingerprint density at radius 3 is 2.70 bits per heavy atom. The number of carbonyl (C=O) groups excluding carboxylic acids is 1. The summed E-state index contributed by atoms with van der Waals surface area (Å²) in [6.45, 7) is 8.05. The van der Waals surface area contributed by atoms with Gasteiger partial charge in [0.05, 0.1) is 4.92 Å². The van der Waals surface area contributed by atoms with Gasteiger partial charge in [-0.2, -0.15) is 5.10 Å². The quantitative estimate of drug-likeness (QED) is 0.674. The van der Waals surface area contributed by atoms with Gasteiger partial charge < -0.3 is 15.0 Å². The highest BCUT2D eigenvalue weighted by Gasteiger charge is 2.32. The van der Waals surface area contributed by atoms with E-state index in [-0.39, 0.29) is 17.8 Å². The molecule has 1 fully saturated rings. The van der Waals surface area contributed by atoms with Crippen molar-refractivity contribution in [2.24, 2.45) is 7.05 Å². The van der Waals surface area contributed by atoms with E-state index in [4.69, 9.17) is 4.74 Å². The second-order valence-electron chi connectivity index (χ2n) is 6.72. The van der Waals surface area contributed by atoms with Gasteiger partial charge in [0.2, 0.25) is 5.82 Å². The van der Waals surface area contributed by atoms with Gasteiger partial charge >= 0.3 is 11.8 Å². The average molecular weight is 325 g/mol. The molecule has 0 saturated carbocycles. The van der Waals surface area contributed by atoms with E-state index in [1.54, 1.807) is 18.9 Å². The maximum Gasteiger partial charge on any atom is 0.410 e. The number of nitrogens with zero attached hydrogens (tertiary/aromatic N) is 4. The van der Waals surface area contributed by atoms with Crippen molar-refractivity contribution in [3.05, 3.63) is 15.8 Å². The van der Waals surface area contributed by atoms with Crippen LogP contribution >= 0.6 is 0 Å². The fourth-order valence-corrected chi connectivity index (χ4v) is 2.59. The van der Waals surface area contributed by atoms with E-state index in [0.717, 1.165) is 0 Å². The van der Waals surface area contributed by atoms with Gasteiger partial charge in [-0.3, -0.25) is 10.1 Å². The van der Waals surface area contributed by atoms with Gasteiger partial charge in [-0.05, 0) is 34.1 Å². The maximum absolute atomic E-state index is 12.1. The summed E-state index contributed by atoms with van der Waals surface area (Å²) in [6.07, 6.45) is 0.332. The van der Waals surface area contributed by atoms with E-state index in [1.165, 1.54) is 4.68 Å². The minimum Gasteiger partial charge on any atom is -0.444 e. The molecule has 1 saturated heterocycles. The first-order valence-corrected chi connectivity index (χ1v) is 7.51. The van der Waals surface area contributed by atoms with Gasteiger partial charge in [-0.25, -0.2) is 9.48 Å². The van der Waals surface area contributed by atoms with Crippen molar-refractivity contribution in [3.63, 3.8) is 0 Å². The standard InChI is InChI=1S/C14H23N5O4/c1-9-11(19(21)22)12(17(5)16-9)15-10-6-7-18(8-10)13(20)23-14(2,3)4/h10,15H,6-8H2,1-5H3/t10-/m0/s1. The molecule has 2 heterocycles. The molecule has 1 N–H and O–H groups in total. The molecule has 1 amide bonds. The number of nitro groups is 1. The minimum absolute atomic E-state index is 0.0248. The van der Waals surface area contributed by atoms with Crippen molar-refractivity contribution in [2.45, 2.75) is 45.8 Å². The Labute approximate surface area is 134 Å². The molecule has 0 unspecified atom stereocenters. The number of nitrogens with one attached hydrogen (secondary N) is 1. The van der Waals surface area contributed by atoms with Gasteiger partial charge in [-0.1, -0.05) is 0 Å². The third-order valence-electron chi connectivity index (χ3n) is 3.55. The van der Waals surface area contributed by atoms with Gasteiger partial charge in [0.1, 0.15) is 11.3 Å². The van der Waals surface area contributed by atoms with Crippen LogP contribution in [0.25, 0.3) is 0 Å². The molecule has 0 radical (unpaired) electrons. The summed E-state index contributed by atoms with van der Waals surface area (Å²) >= 11 is 0. The second-order valence-corrected chi connectivity index (χ2v) is 6.72. The molecule has 0 spiro atoms. The number of hydrogen-bond donors (Lipinski definition) is 1. The highest BCUT2D eigenvalue weighted by atomic mass is 16.6. The lowest BCUT2D eigenvalue weighted by atomic mass is 10.2. The monoisotopic (exact) mass is 325 g/mol. The third-order valence-corrected chi connectivity index (χ3v) is 3.55. The van der Waals surface area contributed by atoms with Crippen LogP contribution in [-0.4, -0.2) is 50.4 Å². The molecule has 1 atom stereocenters. The van der Waals surface area contributed by atoms with Crippen molar-refractivity contribution in [1.82, 2.24) is 14.7 Å². The molecule has 2 rings (SSSR count). The van der Waals surface area contributed by atoms with E-state index in [9.17, 15) is 14.9 Å². The third kappa shape index (κ3) is 3.91. The first kappa shape index (κ1) is 17.0. The molecule has 1 aliphatic heterocycles. The van der Waals surface area contributed by atoms with Crippen molar-refractivity contribution >= 4 is 17.6 Å². The molecule has 1 aromatic heterocycles. The van der Waals surface area contributed by atoms with Crippen molar-refractivity contribution in [1.29, 1.82) is 0 Å². The second kappa shape index (κ2) is 6.05. The Balaban J connectivity index is 2.04. The molecule has 128 valence electrons. The van der Waals surface area contributed by atoms with Gasteiger partial charge in [-0.15, -0.1) is 0 Å². The number of aryl methyl sites for hydroxylation is 2. The first-order valence-electron chi connectivity index (χ1n) is 7.51. The number of amides is 1. The fraction of sp³-hybridized carbons (Fsp3) is 0.714. The molecule has 0 bridgehead atoms. The summed E-state index contributed by atoms with van der Waals surface area (Å²) in [5.41, 5.74) is -0.203. The van der Waals surface area contributed by atoms with Crippen molar-refractivity contribution in [2.75, 3.05) is 18.4 Å². The van der Waals surface area contributed by atoms with E-state index >= 15 is 0 Å². The molecule has 9 heteroatoms. The Morgan fingerprint density at radius 1 is 1.48 bits per heavy atom. The van der Waals surface area contributed by atoms with Crippen LogP contribution in [-0.2, 0) is 11.8 Å². The van der Waals surface area contributed by atoms with Crippen LogP contribution < -0.4 is 5.32 Å². The van der Waals surface area contributed by atoms with Crippen LogP contribution in [0.1, 0.15) is 32.9 Å². The first-order chi connectivity index (χ1) is 10.6. The number of likely N-dealkylation sites (tertiary alicyclic amines) is 1. The number of hydrogen-bond acceptors (Lipinski definition) is 6. The van der Waals surface area contributed by atoms with E-state index < -0.39 is 10.5 Å². The highest BCUT2D eigenvalue weighted by molar-refractivity contribution is 5.69. The SMILES string of the molecule is Cc1nn(C)c(N[C@H]2CCN(C(=O)OC(C)(C)C)C2)c1[N+](=O)[O-]. The van der Waals surface area contributed by atoms with Crippen LogP contribution in [0.2, 0.25) is 0 Å². The smallest absolute Gasteiger partial charge is 0.410 e.